The smallest absolute Gasteiger partial charge is 0.417 e. The van der Waals surface area contributed by atoms with E-state index in [9.17, 15) is 26.4 Å². The van der Waals surface area contributed by atoms with Crippen LogP contribution >= 0.6 is 0 Å². The number of alkyl halides is 3. The van der Waals surface area contributed by atoms with Crippen LogP contribution in [0, 0.1) is 0 Å². The second kappa shape index (κ2) is 8.37. The second-order valence-corrected chi connectivity index (χ2v) is 10.0. The molecule has 0 unspecified atom stereocenters. The summed E-state index contributed by atoms with van der Waals surface area (Å²) in [5, 5.41) is 6.01. The molecule has 3 rings (SSSR count). The van der Waals surface area contributed by atoms with Gasteiger partial charge in [0.1, 0.15) is 0 Å². The molecule has 1 saturated heterocycles. The Morgan fingerprint density at radius 2 is 1.77 bits per heavy atom. The lowest BCUT2D eigenvalue weighted by Gasteiger charge is -2.30. The molecule has 0 bridgehead atoms. The van der Waals surface area contributed by atoms with Gasteiger partial charge in [0.2, 0.25) is 11.8 Å². The molecule has 11 heteroatoms. The monoisotopic (exact) mass is 445 g/mol. The van der Waals surface area contributed by atoms with Gasteiger partial charge < -0.3 is 9.32 Å². The van der Waals surface area contributed by atoms with Crippen LogP contribution in [0.25, 0.3) is 0 Å². The number of sulfone groups is 1. The molecule has 0 aliphatic carbocycles. The first-order valence-electron chi connectivity index (χ1n) is 9.49. The molecule has 0 atom stereocenters. The maximum atomic E-state index is 12.6. The van der Waals surface area contributed by atoms with Gasteiger partial charge in [0, 0.05) is 19.0 Å². The van der Waals surface area contributed by atoms with E-state index in [-0.39, 0.29) is 29.0 Å². The molecule has 0 spiro atoms. The Bertz CT molecular complexity index is 993. The Morgan fingerprint density at radius 1 is 1.17 bits per heavy atom. The SMILES string of the molecule is CC(C)S(=O)(=O)c1ccc(CC(=O)N2CCC(c3nnc(C(F)(F)F)o3)CC2)cc1. The lowest BCUT2D eigenvalue weighted by molar-refractivity contribution is -0.157. The molecule has 164 valence electrons. The molecule has 2 heterocycles. The minimum Gasteiger partial charge on any atom is -0.417 e. The summed E-state index contributed by atoms with van der Waals surface area (Å²) in [6, 6.07) is 6.24. The van der Waals surface area contributed by atoms with Crippen molar-refractivity contribution < 1.29 is 30.8 Å². The van der Waals surface area contributed by atoms with Crippen molar-refractivity contribution in [1.82, 2.24) is 15.1 Å². The quantitative estimate of drug-likeness (QED) is 0.702. The van der Waals surface area contributed by atoms with Gasteiger partial charge in [-0.3, -0.25) is 4.79 Å². The summed E-state index contributed by atoms with van der Waals surface area (Å²) >= 11 is 0. The summed E-state index contributed by atoms with van der Waals surface area (Å²) in [5.41, 5.74) is 0.691. The summed E-state index contributed by atoms with van der Waals surface area (Å²) < 4.78 is 66.8. The van der Waals surface area contributed by atoms with Crippen molar-refractivity contribution in [3.05, 3.63) is 41.6 Å². The second-order valence-electron chi connectivity index (χ2n) is 7.51. The van der Waals surface area contributed by atoms with Crippen LogP contribution in [-0.2, 0) is 27.2 Å². The van der Waals surface area contributed by atoms with Crippen LogP contribution in [0.2, 0.25) is 0 Å². The normalized spacial score (nSPS) is 16.3. The number of hydrogen-bond donors (Lipinski definition) is 0. The molecule has 0 N–H and O–H groups in total. The highest BCUT2D eigenvalue weighted by Gasteiger charge is 2.39. The fraction of sp³-hybridized carbons (Fsp3) is 0.526. The Kier molecular flexibility index (Phi) is 6.21. The van der Waals surface area contributed by atoms with Gasteiger partial charge in [0.15, 0.2) is 9.84 Å². The van der Waals surface area contributed by atoms with E-state index in [1.807, 2.05) is 0 Å². The Morgan fingerprint density at radius 3 is 2.27 bits per heavy atom. The highest BCUT2D eigenvalue weighted by molar-refractivity contribution is 7.92. The number of carbonyl (C=O) groups excluding carboxylic acids is 1. The highest BCUT2D eigenvalue weighted by Crippen LogP contribution is 2.32. The predicted octanol–water partition coefficient (Wildman–Crippen LogP) is 3.22. The number of amides is 1. The lowest BCUT2D eigenvalue weighted by Crippen LogP contribution is -2.38. The molecule has 1 aliphatic heterocycles. The third-order valence-electron chi connectivity index (χ3n) is 5.11. The number of piperidine rings is 1. The van der Waals surface area contributed by atoms with Crippen molar-refractivity contribution in [3.8, 4) is 0 Å². The van der Waals surface area contributed by atoms with E-state index in [1.54, 1.807) is 30.9 Å². The third-order valence-corrected chi connectivity index (χ3v) is 7.28. The van der Waals surface area contributed by atoms with Gasteiger partial charge in [-0.2, -0.15) is 13.2 Å². The largest absolute Gasteiger partial charge is 0.470 e. The summed E-state index contributed by atoms with van der Waals surface area (Å²) in [6.07, 6.45) is -3.70. The lowest BCUT2D eigenvalue weighted by atomic mass is 9.96. The zero-order chi connectivity index (χ0) is 22.1. The first-order valence-corrected chi connectivity index (χ1v) is 11.0. The first kappa shape index (κ1) is 22.3. The zero-order valence-electron chi connectivity index (χ0n) is 16.5. The van der Waals surface area contributed by atoms with Gasteiger partial charge >= 0.3 is 12.1 Å². The summed E-state index contributed by atoms with van der Waals surface area (Å²) in [5.74, 6) is -1.87. The van der Waals surface area contributed by atoms with Gasteiger partial charge in [0.05, 0.1) is 16.6 Å². The van der Waals surface area contributed by atoms with Gasteiger partial charge in [0.25, 0.3) is 0 Å². The molecule has 1 aromatic heterocycles. The summed E-state index contributed by atoms with van der Waals surface area (Å²) in [7, 11) is -3.37. The number of likely N-dealkylation sites (tertiary alicyclic amines) is 1. The zero-order valence-corrected chi connectivity index (χ0v) is 17.3. The fourth-order valence-corrected chi connectivity index (χ4v) is 4.31. The van der Waals surface area contributed by atoms with Crippen molar-refractivity contribution in [2.75, 3.05) is 13.1 Å². The van der Waals surface area contributed by atoms with Gasteiger partial charge in [-0.1, -0.05) is 12.1 Å². The molecule has 2 aromatic rings. The van der Waals surface area contributed by atoms with E-state index in [0.29, 0.717) is 31.5 Å². The van der Waals surface area contributed by atoms with E-state index in [0.717, 1.165) is 0 Å². The number of benzene rings is 1. The fourth-order valence-electron chi connectivity index (χ4n) is 3.25. The van der Waals surface area contributed by atoms with E-state index in [4.69, 9.17) is 4.42 Å². The van der Waals surface area contributed by atoms with Gasteiger partial charge in [-0.25, -0.2) is 8.42 Å². The number of aromatic nitrogens is 2. The number of rotatable bonds is 5. The number of carbonyl (C=O) groups is 1. The Labute approximate surface area is 172 Å². The molecular formula is C19H22F3N3O4S. The molecule has 7 nitrogen and oxygen atoms in total. The molecule has 1 aromatic carbocycles. The van der Waals surface area contributed by atoms with Crippen molar-refractivity contribution in [3.63, 3.8) is 0 Å². The van der Waals surface area contributed by atoms with Crippen LogP contribution in [0.3, 0.4) is 0 Å². The first-order chi connectivity index (χ1) is 14.0. The maximum Gasteiger partial charge on any atom is 0.470 e. The average Bonchev–Trinajstić information content (AvgIpc) is 3.19. The predicted molar refractivity (Wildman–Crippen MR) is 100 cm³/mol. The van der Waals surface area contributed by atoms with Gasteiger partial charge in [-0.05, 0) is 44.4 Å². The van der Waals surface area contributed by atoms with Crippen LogP contribution in [0.4, 0.5) is 13.2 Å². The number of hydrogen-bond acceptors (Lipinski definition) is 6. The van der Waals surface area contributed by atoms with E-state index >= 15 is 0 Å². The minimum atomic E-state index is -4.67. The van der Waals surface area contributed by atoms with E-state index in [2.05, 4.69) is 10.2 Å². The van der Waals surface area contributed by atoms with E-state index < -0.39 is 27.2 Å². The standard InChI is InChI=1S/C19H22F3N3O4S/c1-12(2)30(27,28)15-5-3-13(4-6-15)11-16(26)25-9-7-14(8-10-25)17-23-24-18(29-17)19(20,21)22/h3-6,12,14H,7-11H2,1-2H3. The summed E-state index contributed by atoms with van der Waals surface area (Å²) in [6.45, 7) is 3.95. The highest BCUT2D eigenvalue weighted by atomic mass is 32.2. The number of nitrogens with zero attached hydrogens (tertiary/aromatic N) is 3. The van der Waals surface area contributed by atoms with Crippen LogP contribution in [0.5, 0.6) is 0 Å². The average molecular weight is 445 g/mol. The molecule has 30 heavy (non-hydrogen) atoms. The van der Waals surface area contributed by atoms with Crippen LogP contribution < -0.4 is 0 Å². The Hall–Kier alpha value is -2.43. The Balaban J connectivity index is 1.56. The molecule has 1 fully saturated rings. The number of halogens is 3. The van der Waals surface area contributed by atoms with Crippen LogP contribution in [0.1, 0.15) is 50.0 Å². The topological polar surface area (TPSA) is 93.4 Å². The van der Waals surface area contributed by atoms with Crippen LogP contribution in [0.15, 0.2) is 33.6 Å². The van der Waals surface area contributed by atoms with E-state index in [1.165, 1.54) is 12.1 Å². The third kappa shape index (κ3) is 4.82. The molecule has 0 saturated carbocycles. The van der Waals surface area contributed by atoms with Crippen molar-refractivity contribution >= 4 is 15.7 Å². The van der Waals surface area contributed by atoms with Crippen molar-refractivity contribution in [2.24, 2.45) is 0 Å². The van der Waals surface area contributed by atoms with Crippen molar-refractivity contribution in [1.29, 1.82) is 0 Å². The van der Waals surface area contributed by atoms with Crippen molar-refractivity contribution in [2.45, 2.75) is 55.3 Å². The molecule has 1 aliphatic rings. The molecule has 1 amide bonds. The summed E-state index contributed by atoms with van der Waals surface area (Å²) in [4.78, 5) is 14.4. The van der Waals surface area contributed by atoms with Gasteiger partial charge in [-0.15, -0.1) is 10.2 Å². The maximum absolute atomic E-state index is 12.6. The van der Waals surface area contributed by atoms with Crippen LogP contribution in [-0.4, -0.2) is 47.8 Å². The molecule has 0 radical (unpaired) electrons. The molecular weight excluding hydrogens is 423 g/mol. The minimum absolute atomic E-state index is 0.0589.